The molecule has 2 N–H and O–H groups in total. The van der Waals surface area contributed by atoms with Gasteiger partial charge in [-0.25, -0.2) is 10.4 Å². The molecule has 1 aromatic heterocycles. The highest BCUT2D eigenvalue weighted by Gasteiger charge is 2.10. The van der Waals surface area contributed by atoms with Crippen molar-refractivity contribution < 1.29 is 9.90 Å². The topological polar surface area (TPSA) is 74.6 Å². The number of aromatic hydroxyl groups is 1. The lowest BCUT2D eigenvalue weighted by atomic mass is 10.2. The van der Waals surface area contributed by atoms with Gasteiger partial charge in [-0.05, 0) is 18.2 Å². The second kappa shape index (κ2) is 5.61. The van der Waals surface area contributed by atoms with Crippen molar-refractivity contribution >= 4 is 35.1 Å². The molecule has 5 nitrogen and oxygen atoms in total. The molecular weight excluding hydrogens is 274 g/mol. The van der Waals surface area contributed by atoms with Gasteiger partial charge in [0.25, 0.3) is 5.91 Å². The van der Waals surface area contributed by atoms with Crippen LogP contribution in [-0.2, 0) is 0 Å². The molecule has 92 valence electrons. The van der Waals surface area contributed by atoms with Gasteiger partial charge in [0.1, 0.15) is 10.8 Å². The van der Waals surface area contributed by atoms with Gasteiger partial charge >= 0.3 is 0 Å². The maximum absolute atomic E-state index is 11.7. The summed E-state index contributed by atoms with van der Waals surface area (Å²) in [6, 6.07) is 4.21. The quantitative estimate of drug-likeness (QED) is 0.669. The van der Waals surface area contributed by atoms with Gasteiger partial charge in [0, 0.05) is 16.6 Å². The molecule has 0 unspecified atom stereocenters. The Morgan fingerprint density at radius 1 is 1.56 bits per heavy atom. The lowest BCUT2D eigenvalue weighted by Crippen LogP contribution is -2.17. The number of phenolic OH excluding ortho intramolecular Hbond substituents is 1. The third kappa shape index (κ3) is 3.06. The van der Waals surface area contributed by atoms with E-state index < -0.39 is 5.91 Å². The zero-order valence-electron chi connectivity index (χ0n) is 9.00. The Balaban J connectivity index is 2.06. The second-order valence-electron chi connectivity index (χ2n) is 3.23. The molecule has 0 aliphatic carbocycles. The van der Waals surface area contributed by atoms with E-state index in [2.05, 4.69) is 15.5 Å². The number of hydrazone groups is 1. The van der Waals surface area contributed by atoms with Crippen LogP contribution in [0.25, 0.3) is 0 Å². The number of carbonyl (C=O) groups excluding carboxylic acids is 1. The van der Waals surface area contributed by atoms with Gasteiger partial charge in [-0.1, -0.05) is 11.6 Å². The molecule has 2 rings (SSSR count). The molecule has 0 bridgehead atoms. The number of halogens is 1. The molecule has 0 radical (unpaired) electrons. The van der Waals surface area contributed by atoms with Crippen LogP contribution in [0, 0.1) is 0 Å². The molecule has 18 heavy (non-hydrogen) atoms. The Hall–Kier alpha value is -1.92. The number of aromatic nitrogens is 1. The van der Waals surface area contributed by atoms with Crippen LogP contribution in [0.3, 0.4) is 0 Å². The van der Waals surface area contributed by atoms with Gasteiger partial charge in [-0.3, -0.25) is 4.79 Å². The monoisotopic (exact) mass is 281 g/mol. The highest BCUT2D eigenvalue weighted by atomic mass is 35.5. The number of carbonyl (C=O) groups is 1. The standard InChI is InChI=1S/C11H8ClN3O2S/c12-7-1-2-9(16)8(5-7)11(17)15-14-6-10-13-3-4-18-10/h1-6,16H,(H,15,17)/b14-6+. The van der Waals surface area contributed by atoms with E-state index in [0.717, 1.165) is 0 Å². The molecule has 0 saturated carbocycles. The molecule has 0 aliphatic heterocycles. The number of rotatable bonds is 3. The number of nitrogens with one attached hydrogen (secondary N) is 1. The molecule has 0 spiro atoms. The first-order chi connectivity index (χ1) is 8.66. The minimum Gasteiger partial charge on any atom is -0.507 e. The lowest BCUT2D eigenvalue weighted by molar-refractivity contribution is 0.0952. The summed E-state index contributed by atoms with van der Waals surface area (Å²) in [5, 5.41) is 16.1. The number of hydrogen-bond acceptors (Lipinski definition) is 5. The summed E-state index contributed by atoms with van der Waals surface area (Å²) in [6.45, 7) is 0. The molecular formula is C11H8ClN3O2S. The SMILES string of the molecule is O=C(N/N=C/c1nccs1)c1cc(Cl)ccc1O. The number of nitrogens with zero attached hydrogens (tertiary/aromatic N) is 2. The summed E-state index contributed by atoms with van der Waals surface area (Å²) < 4.78 is 0. The van der Waals surface area contributed by atoms with Crippen LogP contribution in [0.1, 0.15) is 15.4 Å². The molecule has 7 heteroatoms. The summed E-state index contributed by atoms with van der Waals surface area (Å²) in [4.78, 5) is 15.7. The minimum atomic E-state index is -0.539. The van der Waals surface area contributed by atoms with E-state index in [9.17, 15) is 9.90 Å². The van der Waals surface area contributed by atoms with Crippen LogP contribution < -0.4 is 5.43 Å². The highest BCUT2D eigenvalue weighted by Crippen LogP contribution is 2.21. The molecule has 0 aliphatic rings. The lowest BCUT2D eigenvalue weighted by Gasteiger charge is -2.02. The van der Waals surface area contributed by atoms with Gasteiger partial charge < -0.3 is 5.11 Å². The van der Waals surface area contributed by atoms with Gasteiger partial charge in [0.2, 0.25) is 0 Å². The van der Waals surface area contributed by atoms with Crippen molar-refractivity contribution in [2.75, 3.05) is 0 Å². The molecule has 2 aromatic rings. The molecule has 1 aromatic carbocycles. The van der Waals surface area contributed by atoms with Gasteiger partial charge in [-0.15, -0.1) is 11.3 Å². The molecule has 1 amide bonds. The first kappa shape index (κ1) is 12.5. The number of amides is 1. The number of phenols is 1. The fourth-order valence-corrected chi connectivity index (χ4v) is 1.86. The maximum Gasteiger partial charge on any atom is 0.275 e. The Kier molecular flexibility index (Phi) is 3.91. The smallest absolute Gasteiger partial charge is 0.275 e. The Bertz CT molecular complexity index is 584. The summed E-state index contributed by atoms with van der Waals surface area (Å²) in [7, 11) is 0. The van der Waals surface area contributed by atoms with Crippen LogP contribution >= 0.6 is 22.9 Å². The Morgan fingerprint density at radius 2 is 2.39 bits per heavy atom. The summed E-state index contributed by atoms with van der Waals surface area (Å²) >= 11 is 7.13. The van der Waals surface area contributed by atoms with Crippen molar-refractivity contribution in [1.29, 1.82) is 0 Å². The number of thiazole rings is 1. The largest absolute Gasteiger partial charge is 0.507 e. The molecule has 0 fully saturated rings. The van der Waals surface area contributed by atoms with Crippen LogP contribution in [0.2, 0.25) is 5.02 Å². The zero-order chi connectivity index (χ0) is 13.0. The van der Waals surface area contributed by atoms with Crippen LogP contribution in [0.5, 0.6) is 5.75 Å². The van der Waals surface area contributed by atoms with E-state index in [4.69, 9.17) is 11.6 Å². The normalized spacial score (nSPS) is 10.7. The van der Waals surface area contributed by atoms with E-state index in [1.165, 1.54) is 35.8 Å². The van der Waals surface area contributed by atoms with E-state index in [1.807, 2.05) is 0 Å². The summed E-state index contributed by atoms with van der Waals surface area (Å²) in [5.74, 6) is -0.691. The second-order valence-corrected chi connectivity index (χ2v) is 4.59. The molecule has 1 heterocycles. The predicted octanol–water partition coefficient (Wildman–Crippen LogP) is 2.27. The fourth-order valence-electron chi connectivity index (χ4n) is 1.19. The average Bonchev–Trinajstić information content (AvgIpc) is 2.85. The van der Waals surface area contributed by atoms with Crippen molar-refractivity contribution in [3.05, 3.63) is 45.4 Å². The van der Waals surface area contributed by atoms with Crippen molar-refractivity contribution in [1.82, 2.24) is 10.4 Å². The van der Waals surface area contributed by atoms with E-state index in [1.54, 1.807) is 11.6 Å². The van der Waals surface area contributed by atoms with Crippen LogP contribution in [-0.4, -0.2) is 22.2 Å². The van der Waals surface area contributed by atoms with E-state index in [-0.39, 0.29) is 11.3 Å². The van der Waals surface area contributed by atoms with Gasteiger partial charge in [0.05, 0.1) is 11.8 Å². The summed E-state index contributed by atoms with van der Waals surface area (Å²) in [6.07, 6.45) is 3.06. The molecule has 0 saturated heterocycles. The van der Waals surface area contributed by atoms with Crippen LogP contribution in [0.15, 0.2) is 34.9 Å². The first-order valence-corrected chi connectivity index (χ1v) is 6.14. The Morgan fingerprint density at radius 3 is 3.11 bits per heavy atom. The number of benzene rings is 1. The predicted molar refractivity (Wildman–Crippen MR) is 70.3 cm³/mol. The van der Waals surface area contributed by atoms with Crippen molar-refractivity contribution in [3.8, 4) is 5.75 Å². The maximum atomic E-state index is 11.7. The van der Waals surface area contributed by atoms with E-state index >= 15 is 0 Å². The van der Waals surface area contributed by atoms with Crippen molar-refractivity contribution in [3.63, 3.8) is 0 Å². The fraction of sp³-hybridized carbons (Fsp3) is 0. The third-order valence-corrected chi connectivity index (χ3v) is 2.94. The van der Waals surface area contributed by atoms with Crippen LogP contribution in [0.4, 0.5) is 0 Å². The first-order valence-electron chi connectivity index (χ1n) is 4.88. The van der Waals surface area contributed by atoms with Gasteiger partial charge in [-0.2, -0.15) is 5.10 Å². The average molecular weight is 282 g/mol. The van der Waals surface area contributed by atoms with Crippen molar-refractivity contribution in [2.45, 2.75) is 0 Å². The Labute approximate surface area is 112 Å². The number of hydrogen-bond donors (Lipinski definition) is 2. The summed E-state index contributed by atoms with van der Waals surface area (Å²) in [5.41, 5.74) is 2.35. The zero-order valence-corrected chi connectivity index (χ0v) is 10.6. The van der Waals surface area contributed by atoms with Crippen molar-refractivity contribution in [2.24, 2.45) is 5.10 Å². The van der Waals surface area contributed by atoms with E-state index in [0.29, 0.717) is 10.0 Å². The third-order valence-electron chi connectivity index (χ3n) is 2.00. The molecule has 0 atom stereocenters. The minimum absolute atomic E-state index is 0.0683. The highest BCUT2D eigenvalue weighted by molar-refractivity contribution is 7.11. The van der Waals surface area contributed by atoms with Gasteiger partial charge in [0.15, 0.2) is 0 Å².